The molecule has 1 fully saturated rings. The Kier molecular flexibility index (Phi) is 9.02. The van der Waals surface area contributed by atoms with Crippen molar-refractivity contribution < 1.29 is 26.7 Å². The van der Waals surface area contributed by atoms with Gasteiger partial charge in [0.1, 0.15) is 12.3 Å². The summed E-state index contributed by atoms with van der Waals surface area (Å²) in [7, 11) is 1.56. The number of aromatic nitrogens is 4. The van der Waals surface area contributed by atoms with Crippen molar-refractivity contribution in [3.8, 4) is 17.0 Å². The largest absolute Gasteiger partial charge is 0.483 e. The van der Waals surface area contributed by atoms with Crippen LogP contribution < -0.4 is 15.0 Å². The van der Waals surface area contributed by atoms with Crippen LogP contribution in [0.1, 0.15) is 16.7 Å². The van der Waals surface area contributed by atoms with Gasteiger partial charge in [-0.1, -0.05) is 60.7 Å². The lowest BCUT2D eigenvalue weighted by atomic mass is 10.0. The summed E-state index contributed by atoms with van der Waals surface area (Å²) in [6.45, 7) is 1.73. The number of fused-ring (bicyclic) bond motifs is 1. The molecule has 0 amide bonds. The predicted molar refractivity (Wildman–Crippen MR) is 159 cm³/mol. The van der Waals surface area contributed by atoms with Gasteiger partial charge in [0.2, 0.25) is 5.95 Å². The van der Waals surface area contributed by atoms with Gasteiger partial charge in [-0.25, -0.2) is 18.4 Å². The van der Waals surface area contributed by atoms with E-state index in [0.717, 1.165) is 18.5 Å². The zero-order valence-corrected chi connectivity index (χ0v) is 24.3. The highest BCUT2D eigenvalue weighted by atomic mass is 35.5. The van der Waals surface area contributed by atoms with Crippen molar-refractivity contribution in [3.63, 3.8) is 0 Å². The van der Waals surface area contributed by atoms with E-state index in [4.69, 9.17) is 9.72 Å². The van der Waals surface area contributed by atoms with Gasteiger partial charge in [-0.05, 0) is 23.6 Å². The van der Waals surface area contributed by atoms with E-state index in [-0.39, 0.29) is 36.1 Å². The molecule has 0 bridgehead atoms. The maximum atomic E-state index is 15.8. The summed E-state index contributed by atoms with van der Waals surface area (Å²) in [6, 6.07) is 18.8. The third-order valence-corrected chi connectivity index (χ3v) is 7.44. The number of piperazine rings is 1. The summed E-state index contributed by atoms with van der Waals surface area (Å²) in [5.74, 6) is -3.83. The maximum absolute atomic E-state index is 15.8. The fourth-order valence-electron chi connectivity index (χ4n) is 5.31. The summed E-state index contributed by atoms with van der Waals surface area (Å²) in [5, 5.41) is 7.91. The molecule has 1 atom stereocenters. The summed E-state index contributed by atoms with van der Waals surface area (Å²) in [4.78, 5) is 11.3. The third-order valence-electron chi connectivity index (χ3n) is 7.44. The van der Waals surface area contributed by atoms with Crippen LogP contribution in [-0.2, 0) is 26.3 Å². The number of nitrogens with one attached hydrogen (secondary N) is 1. The van der Waals surface area contributed by atoms with Gasteiger partial charge in [-0.2, -0.15) is 23.3 Å². The number of halogens is 6. The quantitative estimate of drug-likeness (QED) is 0.212. The molecule has 2 aromatic heterocycles. The molecule has 6 rings (SSSR count). The molecule has 0 saturated carbocycles. The fourth-order valence-corrected chi connectivity index (χ4v) is 5.31. The Bertz CT molecular complexity index is 1750. The zero-order valence-electron chi connectivity index (χ0n) is 23.5. The Balaban J connectivity index is 0.00000384. The zero-order chi connectivity index (χ0) is 30.1. The number of rotatable bonds is 7. The van der Waals surface area contributed by atoms with E-state index in [0.29, 0.717) is 36.3 Å². The first-order valence-corrected chi connectivity index (χ1v) is 13.7. The van der Waals surface area contributed by atoms with Crippen molar-refractivity contribution >= 4 is 29.4 Å². The Hall–Kier alpha value is -4.29. The first kappa shape index (κ1) is 31.1. The first-order chi connectivity index (χ1) is 20.7. The van der Waals surface area contributed by atoms with Gasteiger partial charge < -0.3 is 15.0 Å². The van der Waals surface area contributed by atoms with Gasteiger partial charge in [0, 0.05) is 44.5 Å². The van der Waals surface area contributed by atoms with Gasteiger partial charge in [-0.3, -0.25) is 0 Å². The number of anilines is 1. The average molecular weight is 631 g/mol. The monoisotopic (exact) mass is 630 g/mol. The number of nitrogens with zero attached hydrogens (tertiary/aromatic N) is 5. The van der Waals surface area contributed by atoms with Crippen molar-refractivity contribution in [3.05, 3.63) is 101 Å². The standard InChI is InChI=1S/C31H27F5N6O.ClH/c1-41-29-23(17-38-30(39-29)42-13-12-37-16-21(42)14-19-8-4-2-5-9-19)27(40-41)22-15-24(31(34,35)36)26(33)28(25(22)32)43-18-20-10-6-3-7-11-20;/h2-11,15,17,21,37H,12-14,16,18H2,1H3;1H/t21-;/m1./s1. The number of benzene rings is 3. The maximum Gasteiger partial charge on any atom is 0.419 e. The first-order valence-electron chi connectivity index (χ1n) is 13.7. The van der Waals surface area contributed by atoms with E-state index in [2.05, 4.69) is 32.4 Å². The molecule has 1 aliphatic rings. The van der Waals surface area contributed by atoms with E-state index >= 15 is 8.78 Å². The molecule has 1 N–H and O–H groups in total. The summed E-state index contributed by atoms with van der Waals surface area (Å²) >= 11 is 0. The van der Waals surface area contributed by atoms with E-state index < -0.39 is 34.7 Å². The Morgan fingerprint density at radius 2 is 1.66 bits per heavy atom. The lowest BCUT2D eigenvalue weighted by Gasteiger charge is -2.36. The molecule has 0 spiro atoms. The summed E-state index contributed by atoms with van der Waals surface area (Å²) in [6.07, 6.45) is -2.94. The summed E-state index contributed by atoms with van der Waals surface area (Å²) < 4.78 is 79.3. The van der Waals surface area contributed by atoms with E-state index in [1.54, 1.807) is 37.4 Å². The second-order valence-corrected chi connectivity index (χ2v) is 10.3. The molecule has 3 aromatic carbocycles. The minimum atomic E-state index is -5.11. The third kappa shape index (κ3) is 6.18. The highest BCUT2D eigenvalue weighted by molar-refractivity contribution is 5.91. The normalized spacial score (nSPS) is 15.3. The second-order valence-electron chi connectivity index (χ2n) is 10.3. The minimum Gasteiger partial charge on any atom is -0.483 e. The highest BCUT2D eigenvalue weighted by Gasteiger charge is 2.39. The topological polar surface area (TPSA) is 68.1 Å². The molecule has 7 nitrogen and oxygen atoms in total. The molecule has 5 aromatic rings. The van der Waals surface area contributed by atoms with Crippen LogP contribution in [0.4, 0.5) is 27.9 Å². The molecule has 1 saturated heterocycles. The molecule has 0 unspecified atom stereocenters. The van der Waals surface area contributed by atoms with Crippen LogP contribution in [0.5, 0.6) is 5.75 Å². The predicted octanol–water partition coefficient (Wildman–Crippen LogP) is 6.35. The molecule has 13 heteroatoms. The molecule has 230 valence electrons. The minimum absolute atomic E-state index is 0. The lowest BCUT2D eigenvalue weighted by molar-refractivity contribution is -0.140. The molecule has 44 heavy (non-hydrogen) atoms. The van der Waals surface area contributed by atoms with Crippen molar-refractivity contribution in [2.75, 3.05) is 24.5 Å². The number of hydrogen-bond acceptors (Lipinski definition) is 6. The number of hydrogen-bond donors (Lipinski definition) is 1. The molecule has 3 heterocycles. The van der Waals surface area contributed by atoms with Crippen LogP contribution in [0.3, 0.4) is 0 Å². The fraction of sp³-hybridized carbons (Fsp3) is 0.258. The van der Waals surface area contributed by atoms with Gasteiger partial charge in [-0.15, -0.1) is 12.4 Å². The molecular formula is C31H28ClF5N6O. The van der Waals surface area contributed by atoms with E-state index in [1.165, 1.54) is 10.9 Å². The van der Waals surface area contributed by atoms with Crippen molar-refractivity contribution in [2.45, 2.75) is 25.2 Å². The molecule has 1 aliphatic heterocycles. The molecular weight excluding hydrogens is 603 g/mol. The summed E-state index contributed by atoms with van der Waals surface area (Å²) in [5.41, 5.74) is -0.403. The second kappa shape index (κ2) is 12.7. The number of aryl methyl sites for hydroxylation is 1. The highest BCUT2D eigenvalue weighted by Crippen LogP contribution is 2.42. The van der Waals surface area contributed by atoms with Gasteiger partial charge in [0.15, 0.2) is 23.0 Å². The van der Waals surface area contributed by atoms with Crippen LogP contribution in [0.15, 0.2) is 72.9 Å². The van der Waals surface area contributed by atoms with Crippen LogP contribution >= 0.6 is 12.4 Å². The smallest absolute Gasteiger partial charge is 0.419 e. The van der Waals surface area contributed by atoms with Crippen LogP contribution in [0, 0.1) is 11.6 Å². The van der Waals surface area contributed by atoms with Crippen molar-refractivity contribution in [1.29, 1.82) is 0 Å². The van der Waals surface area contributed by atoms with E-state index in [9.17, 15) is 13.2 Å². The molecule has 0 radical (unpaired) electrons. The van der Waals surface area contributed by atoms with Gasteiger partial charge >= 0.3 is 6.18 Å². The van der Waals surface area contributed by atoms with Gasteiger partial charge in [0.05, 0.1) is 10.9 Å². The Labute approximate surface area is 256 Å². The Morgan fingerprint density at radius 3 is 2.34 bits per heavy atom. The van der Waals surface area contributed by atoms with Crippen LogP contribution in [0.25, 0.3) is 22.3 Å². The Morgan fingerprint density at radius 1 is 0.977 bits per heavy atom. The molecule has 0 aliphatic carbocycles. The number of alkyl halides is 3. The lowest BCUT2D eigenvalue weighted by Crippen LogP contribution is -2.53. The van der Waals surface area contributed by atoms with Crippen LogP contribution in [0.2, 0.25) is 0 Å². The average Bonchev–Trinajstić information content (AvgIpc) is 3.33. The van der Waals surface area contributed by atoms with Gasteiger partial charge in [0.25, 0.3) is 0 Å². The van der Waals surface area contributed by atoms with E-state index in [1.807, 2.05) is 18.2 Å². The van der Waals surface area contributed by atoms with Crippen molar-refractivity contribution in [2.24, 2.45) is 7.05 Å². The number of ether oxygens (including phenoxy) is 1. The van der Waals surface area contributed by atoms with Crippen LogP contribution in [-0.4, -0.2) is 45.4 Å². The van der Waals surface area contributed by atoms with Crippen molar-refractivity contribution in [1.82, 2.24) is 25.1 Å². The SMILES string of the molecule is Cl.Cn1nc(-c2cc(C(F)(F)F)c(F)c(OCc3ccccc3)c2F)c2cnc(N3CCNC[C@H]3Cc3ccccc3)nc21.